The average Bonchev–Trinajstić information content (AvgIpc) is 2.18. The van der Waals surface area contributed by atoms with Gasteiger partial charge in [0.05, 0.1) is 0 Å². The molecule has 0 amide bonds. The van der Waals surface area contributed by atoms with Crippen LogP contribution in [0.15, 0.2) is 4.99 Å². The second-order valence-corrected chi connectivity index (χ2v) is 4.90. The molecule has 15 heavy (non-hydrogen) atoms. The predicted molar refractivity (Wildman–Crippen MR) is 65.1 cm³/mol. The summed E-state index contributed by atoms with van der Waals surface area (Å²) in [7, 11) is 2.16. The summed E-state index contributed by atoms with van der Waals surface area (Å²) in [5, 5.41) is 0. The van der Waals surface area contributed by atoms with Crippen molar-refractivity contribution in [3.05, 3.63) is 0 Å². The van der Waals surface area contributed by atoms with Crippen LogP contribution in [0.25, 0.3) is 0 Å². The summed E-state index contributed by atoms with van der Waals surface area (Å²) in [6.07, 6.45) is 1.05. The number of nitrogens with zero attached hydrogens (tertiary/aromatic N) is 3. The van der Waals surface area contributed by atoms with E-state index >= 15 is 0 Å². The summed E-state index contributed by atoms with van der Waals surface area (Å²) >= 11 is 0. The molecule has 0 aromatic heterocycles. The molecular weight excluding hydrogens is 188 g/mol. The summed E-state index contributed by atoms with van der Waals surface area (Å²) in [4.78, 5) is 8.92. The maximum absolute atomic E-state index is 5.96. The molecular formula is C11H24N4. The standard InChI is InChI=1S/C11H24N4/c1-5-6-13-10(12)15-8-7-14(4)11(2,3)9-15/h5-9H2,1-4H3,(H2,12,13). The normalized spacial score (nSPS) is 23.2. The number of piperazine rings is 1. The Kier molecular flexibility index (Phi) is 3.97. The first-order chi connectivity index (χ1) is 6.97. The molecule has 4 heteroatoms. The Morgan fingerprint density at radius 1 is 1.40 bits per heavy atom. The van der Waals surface area contributed by atoms with Crippen LogP contribution in [0.1, 0.15) is 27.2 Å². The Morgan fingerprint density at radius 3 is 2.60 bits per heavy atom. The SMILES string of the molecule is CCCN=C(N)N1CCN(C)C(C)(C)C1. The van der Waals surface area contributed by atoms with Crippen LogP contribution in [0.4, 0.5) is 0 Å². The van der Waals surface area contributed by atoms with Crippen molar-refractivity contribution in [1.82, 2.24) is 9.80 Å². The van der Waals surface area contributed by atoms with Gasteiger partial charge in [-0.3, -0.25) is 9.89 Å². The van der Waals surface area contributed by atoms with Crippen LogP contribution in [0.2, 0.25) is 0 Å². The second kappa shape index (κ2) is 4.84. The van der Waals surface area contributed by atoms with E-state index < -0.39 is 0 Å². The first kappa shape index (κ1) is 12.3. The molecule has 1 heterocycles. The molecule has 0 aromatic carbocycles. The van der Waals surface area contributed by atoms with Gasteiger partial charge < -0.3 is 10.6 Å². The molecule has 1 fully saturated rings. The van der Waals surface area contributed by atoms with Gasteiger partial charge in [0.25, 0.3) is 0 Å². The molecule has 0 radical (unpaired) electrons. The zero-order chi connectivity index (χ0) is 11.5. The van der Waals surface area contributed by atoms with Crippen molar-refractivity contribution >= 4 is 5.96 Å². The van der Waals surface area contributed by atoms with Gasteiger partial charge in [-0.1, -0.05) is 6.92 Å². The molecule has 1 aliphatic heterocycles. The van der Waals surface area contributed by atoms with Crippen LogP contribution in [-0.2, 0) is 0 Å². The second-order valence-electron chi connectivity index (χ2n) is 4.90. The van der Waals surface area contributed by atoms with Gasteiger partial charge in [-0.2, -0.15) is 0 Å². The van der Waals surface area contributed by atoms with E-state index in [0.29, 0.717) is 5.96 Å². The highest BCUT2D eigenvalue weighted by Crippen LogP contribution is 2.18. The lowest BCUT2D eigenvalue weighted by molar-refractivity contribution is 0.0737. The van der Waals surface area contributed by atoms with E-state index in [1.807, 2.05) is 0 Å². The zero-order valence-corrected chi connectivity index (χ0v) is 10.5. The van der Waals surface area contributed by atoms with E-state index in [4.69, 9.17) is 5.73 Å². The first-order valence-electron chi connectivity index (χ1n) is 5.73. The van der Waals surface area contributed by atoms with Crippen molar-refractivity contribution in [3.8, 4) is 0 Å². The van der Waals surface area contributed by atoms with Crippen LogP contribution in [0, 0.1) is 0 Å². The van der Waals surface area contributed by atoms with Crippen LogP contribution >= 0.6 is 0 Å². The van der Waals surface area contributed by atoms with Crippen LogP contribution in [0.3, 0.4) is 0 Å². The van der Waals surface area contributed by atoms with Gasteiger partial charge in [0.2, 0.25) is 0 Å². The van der Waals surface area contributed by atoms with Gasteiger partial charge in [-0.15, -0.1) is 0 Å². The van der Waals surface area contributed by atoms with Crippen LogP contribution in [-0.4, -0.2) is 54.5 Å². The number of likely N-dealkylation sites (N-methyl/N-ethyl adjacent to an activating group) is 1. The molecule has 0 bridgehead atoms. The number of hydrogen-bond acceptors (Lipinski definition) is 2. The Bertz CT molecular complexity index is 235. The predicted octanol–water partition coefficient (Wildman–Crippen LogP) is 0.737. The molecule has 4 nitrogen and oxygen atoms in total. The minimum atomic E-state index is 0.185. The fourth-order valence-corrected chi connectivity index (χ4v) is 1.76. The summed E-state index contributed by atoms with van der Waals surface area (Å²) in [5.74, 6) is 0.707. The van der Waals surface area contributed by atoms with Crippen molar-refractivity contribution in [3.63, 3.8) is 0 Å². The van der Waals surface area contributed by atoms with E-state index in [1.165, 1.54) is 0 Å². The maximum atomic E-state index is 5.96. The molecule has 2 N–H and O–H groups in total. The van der Waals surface area contributed by atoms with Crippen LogP contribution in [0.5, 0.6) is 0 Å². The molecule has 0 saturated carbocycles. The highest BCUT2D eigenvalue weighted by Gasteiger charge is 2.31. The van der Waals surface area contributed by atoms with Gasteiger partial charge in [0, 0.05) is 31.7 Å². The van der Waals surface area contributed by atoms with Gasteiger partial charge in [0.15, 0.2) is 5.96 Å². The third kappa shape index (κ3) is 3.09. The molecule has 88 valence electrons. The monoisotopic (exact) mass is 212 g/mol. The molecule has 1 saturated heterocycles. The van der Waals surface area contributed by atoms with Crippen molar-refractivity contribution in [2.45, 2.75) is 32.7 Å². The molecule has 0 unspecified atom stereocenters. The van der Waals surface area contributed by atoms with Gasteiger partial charge in [-0.05, 0) is 27.3 Å². The zero-order valence-electron chi connectivity index (χ0n) is 10.5. The molecule has 1 aliphatic rings. The Hall–Kier alpha value is -0.770. The topological polar surface area (TPSA) is 44.9 Å². The average molecular weight is 212 g/mol. The highest BCUT2D eigenvalue weighted by molar-refractivity contribution is 5.78. The van der Waals surface area contributed by atoms with E-state index in [0.717, 1.165) is 32.6 Å². The van der Waals surface area contributed by atoms with Crippen molar-refractivity contribution in [1.29, 1.82) is 0 Å². The number of hydrogen-bond donors (Lipinski definition) is 1. The van der Waals surface area contributed by atoms with Crippen molar-refractivity contribution in [2.24, 2.45) is 10.7 Å². The Balaban J connectivity index is 2.59. The molecule has 0 aromatic rings. The lowest BCUT2D eigenvalue weighted by Crippen LogP contribution is -2.60. The highest BCUT2D eigenvalue weighted by atomic mass is 15.3. The number of nitrogens with two attached hydrogens (primary N) is 1. The summed E-state index contributed by atoms with van der Waals surface area (Å²) < 4.78 is 0. The summed E-state index contributed by atoms with van der Waals surface area (Å²) in [5.41, 5.74) is 6.14. The van der Waals surface area contributed by atoms with Gasteiger partial charge in [-0.25, -0.2) is 0 Å². The Morgan fingerprint density at radius 2 is 2.07 bits per heavy atom. The quantitative estimate of drug-likeness (QED) is 0.542. The van der Waals surface area contributed by atoms with Crippen LogP contribution < -0.4 is 5.73 Å². The number of rotatable bonds is 2. The van der Waals surface area contributed by atoms with Crippen molar-refractivity contribution < 1.29 is 0 Å². The van der Waals surface area contributed by atoms with Gasteiger partial charge in [0.1, 0.15) is 0 Å². The molecule has 0 spiro atoms. The molecule has 0 atom stereocenters. The molecule has 1 rings (SSSR count). The fourth-order valence-electron chi connectivity index (χ4n) is 1.76. The lowest BCUT2D eigenvalue weighted by atomic mass is 10.0. The Labute approximate surface area is 93.1 Å². The first-order valence-corrected chi connectivity index (χ1v) is 5.73. The number of aliphatic imine (C=N–C) groups is 1. The maximum Gasteiger partial charge on any atom is 0.191 e. The third-order valence-corrected chi connectivity index (χ3v) is 3.14. The minimum absolute atomic E-state index is 0.185. The summed E-state index contributed by atoms with van der Waals surface area (Å²) in [6, 6.07) is 0. The minimum Gasteiger partial charge on any atom is -0.370 e. The number of guanidine groups is 1. The third-order valence-electron chi connectivity index (χ3n) is 3.14. The van der Waals surface area contributed by atoms with Crippen molar-refractivity contribution in [2.75, 3.05) is 33.2 Å². The smallest absolute Gasteiger partial charge is 0.191 e. The molecule has 0 aliphatic carbocycles. The van der Waals surface area contributed by atoms with E-state index in [2.05, 4.69) is 42.6 Å². The van der Waals surface area contributed by atoms with Gasteiger partial charge >= 0.3 is 0 Å². The lowest BCUT2D eigenvalue weighted by Gasteiger charge is -2.45. The largest absolute Gasteiger partial charge is 0.370 e. The van der Waals surface area contributed by atoms with E-state index in [-0.39, 0.29) is 5.54 Å². The summed E-state index contributed by atoms with van der Waals surface area (Å²) in [6.45, 7) is 10.4. The van der Waals surface area contributed by atoms with E-state index in [9.17, 15) is 0 Å². The fraction of sp³-hybridized carbons (Fsp3) is 0.909. The van der Waals surface area contributed by atoms with E-state index in [1.54, 1.807) is 0 Å².